The molecule has 0 atom stereocenters. The number of hydrogen-bond acceptors (Lipinski definition) is 6. The van der Waals surface area contributed by atoms with Gasteiger partial charge in [0.1, 0.15) is 12.3 Å². The summed E-state index contributed by atoms with van der Waals surface area (Å²) >= 11 is 0. The average molecular weight is 585 g/mol. The van der Waals surface area contributed by atoms with Crippen LogP contribution in [0.2, 0.25) is 0 Å². The summed E-state index contributed by atoms with van der Waals surface area (Å²) in [7, 11) is -4.03. The Hall–Kier alpha value is -4.96. The lowest BCUT2D eigenvalue weighted by molar-refractivity contribution is -0.119. The SMILES string of the molecule is CCc1ccccc1N(CC(=O)N/N=C\c1ccc(OCC(=O)Nc2ccccc2)cc1)S(=O)(=O)c1ccc(C)cc1. The Kier molecular flexibility index (Phi) is 10.1. The lowest BCUT2D eigenvalue weighted by Crippen LogP contribution is -2.40. The molecule has 0 unspecified atom stereocenters. The second-order valence-electron chi connectivity index (χ2n) is 9.37. The van der Waals surface area contributed by atoms with E-state index in [2.05, 4.69) is 15.8 Å². The van der Waals surface area contributed by atoms with Crippen molar-refractivity contribution in [2.45, 2.75) is 25.2 Å². The minimum Gasteiger partial charge on any atom is -0.484 e. The Morgan fingerprint density at radius 3 is 2.21 bits per heavy atom. The van der Waals surface area contributed by atoms with Crippen molar-refractivity contribution in [2.24, 2.45) is 5.10 Å². The van der Waals surface area contributed by atoms with E-state index in [0.717, 1.165) is 15.4 Å². The van der Waals surface area contributed by atoms with E-state index in [1.165, 1.54) is 18.3 Å². The molecule has 0 aliphatic heterocycles. The van der Waals surface area contributed by atoms with Crippen LogP contribution in [0.5, 0.6) is 5.75 Å². The predicted octanol–water partition coefficient (Wildman–Crippen LogP) is 4.92. The van der Waals surface area contributed by atoms with Gasteiger partial charge in [-0.25, -0.2) is 13.8 Å². The number of hydrazone groups is 1. The number of sulfonamides is 1. The number of aryl methyl sites for hydroxylation is 2. The molecule has 0 aliphatic carbocycles. The zero-order valence-electron chi connectivity index (χ0n) is 23.4. The molecule has 0 spiro atoms. The third-order valence-electron chi connectivity index (χ3n) is 6.25. The Labute approximate surface area is 245 Å². The van der Waals surface area contributed by atoms with Crippen LogP contribution in [0.25, 0.3) is 0 Å². The molecular weight excluding hydrogens is 552 g/mol. The summed E-state index contributed by atoms with van der Waals surface area (Å²) in [6.45, 7) is 3.19. The molecule has 10 heteroatoms. The summed E-state index contributed by atoms with van der Waals surface area (Å²) in [6.07, 6.45) is 2.02. The van der Waals surface area contributed by atoms with Gasteiger partial charge in [-0.3, -0.25) is 13.9 Å². The number of ether oxygens (including phenoxy) is 1. The Balaban J connectivity index is 1.38. The van der Waals surface area contributed by atoms with Crippen LogP contribution in [-0.2, 0) is 26.0 Å². The fourth-order valence-corrected chi connectivity index (χ4v) is 5.51. The van der Waals surface area contributed by atoms with Crippen LogP contribution in [0.15, 0.2) is 113 Å². The maximum absolute atomic E-state index is 13.6. The van der Waals surface area contributed by atoms with E-state index in [-0.39, 0.29) is 17.4 Å². The number of benzene rings is 4. The van der Waals surface area contributed by atoms with Gasteiger partial charge in [-0.1, -0.05) is 61.0 Å². The maximum Gasteiger partial charge on any atom is 0.264 e. The summed E-state index contributed by atoms with van der Waals surface area (Å²) < 4.78 is 33.9. The van der Waals surface area contributed by atoms with Gasteiger partial charge < -0.3 is 10.1 Å². The van der Waals surface area contributed by atoms with E-state index in [0.29, 0.717) is 29.1 Å². The van der Waals surface area contributed by atoms with Gasteiger partial charge in [0.15, 0.2) is 6.61 Å². The van der Waals surface area contributed by atoms with Gasteiger partial charge in [0.2, 0.25) is 0 Å². The van der Waals surface area contributed by atoms with E-state index in [1.54, 1.807) is 60.7 Å². The van der Waals surface area contributed by atoms with Crippen LogP contribution in [0.3, 0.4) is 0 Å². The van der Waals surface area contributed by atoms with Gasteiger partial charge >= 0.3 is 0 Å². The standard InChI is InChI=1S/C32H32N4O5S/c1-3-26-9-7-8-12-30(26)36(42(39,40)29-19-13-24(2)14-20-29)22-31(37)35-33-21-25-15-17-28(18-16-25)41-23-32(38)34-27-10-5-4-6-11-27/h4-21H,3,22-23H2,1-2H3,(H,34,38)(H,35,37)/b33-21-. The number of nitrogens with one attached hydrogen (secondary N) is 2. The van der Waals surface area contributed by atoms with E-state index < -0.39 is 22.5 Å². The van der Waals surface area contributed by atoms with Crippen LogP contribution in [-0.4, -0.2) is 39.6 Å². The monoisotopic (exact) mass is 584 g/mol. The number of carbonyl (C=O) groups excluding carboxylic acids is 2. The van der Waals surface area contributed by atoms with Crippen molar-refractivity contribution in [1.29, 1.82) is 0 Å². The topological polar surface area (TPSA) is 117 Å². The van der Waals surface area contributed by atoms with E-state index in [9.17, 15) is 18.0 Å². The molecule has 0 aliphatic rings. The predicted molar refractivity (Wildman–Crippen MR) is 164 cm³/mol. The highest BCUT2D eigenvalue weighted by Gasteiger charge is 2.28. The minimum atomic E-state index is -4.03. The first-order valence-corrected chi connectivity index (χ1v) is 14.8. The third kappa shape index (κ3) is 8.05. The largest absolute Gasteiger partial charge is 0.484 e. The summed E-state index contributed by atoms with van der Waals surface area (Å²) in [5.74, 6) is -0.391. The fraction of sp³-hybridized carbons (Fsp3) is 0.156. The maximum atomic E-state index is 13.6. The zero-order chi connectivity index (χ0) is 30.0. The number of anilines is 2. The first-order valence-electron chi connectivity index (χ1n) is 13.3. The number of carbonyl (C=O) groups is 2. The van der Waals surface area contributed by atoms with Crippen LogP contribution in [0.4, 0.5) is 11.4 Å². The van der Waals surface area contributed by atoms with Gasteiger partial charge in [-0.2, -0.15) is 5.10 Å². The molecule has 9 nitrogen and oxygen atoms in total. The van der Waals surface area contributed by atoms with Crippen molar-refractivity contribution in [3.8, 4) is 5.75 Å². The molecule has 0 radical (unpaired) electrons. The smallest absolute Gasteiger partial charge is 0.264 e. The minimum absolute atomic E-state index is 0.0927. The average Bonchev–Trinajstić information content (AvgIpc) is 3.00. The van der Waals surface area contributed by atoms with Crippen LogP contribution in [0.1, 0.15) is 23.6 Å². The summed E-state index contributed by atoms with van der Waals surface area (Å²) in [5, 5.41) is 6.74. The van der Waals surface area contributed by atoms with Gasteiger partial charge in [-0.05, 0) is 79.1 Å². The summed E-state index contributed by atoms with van der Waals surface area (Å²) in [6, 6.07) is 29.5. The fourth-order valence-electron chi connectivity index (χ4n) is 4.05. The molecule has 0 bridgehead atoms. The van der Waals surface area contributed by atoms with Gasteiger partial charge in [-0.15, -0.1) is 0 Å². The Bertz CT molecular complexity index is 1640. The van der Waals surface area contributed by atoms with Crippen molar-refractivity contribution < 1.29 is 22.7 Å². The molecular formula is C32H32N4O5S. The van der Waals surface area contributed by atoms with Crippen LogP contribution in [0, 0.1) is 6.92 Å². The first kappa shape index (κ1) is 30.0. The molecule has 42 heavy (non-hydrogen) atoms. The second-order valence-corrected chi connectivity index (χ2v) is 11.2. The third-order valence-corrected chi connectivity index (χ3v) is 8.02. The molecule has 4 aromatic rings. The van der Waals surface area contributed by atoms with Gasteiger partial charge in [0, 0.05) is 5.69 Å². The van der Waals surface area contributed by atoms with Crippen molar-refractivity contribution in [3.63, 3.8) is 0 Å². The molecule has 4 aromatic carbocycles. The van der Waals surface area contributed by atoms with Crippen molar-refractivity contribution in [2.75, 3.05) is 22.8 Å². The Morgan fingerprint density at radius 2 is 1.52 bits per heavy atom. The highest BCUT2D eigenvalue weighted by molar-refractivity contribution is 7.92. The van der Waals surface area contributed by atoms with Crippen LogP contribution >= 0.6 is 0 Å². The lowest BCUT2D eigenvalue weighted by atomic mass is 10.1. The second kappa shape index (κ2) is 14.1. The molecule has 0 saturated carbocycles. The quantitative estimate of drug-likeness (QED) is 0.181. The Morgan fingerprint density at radius 1 is 0.857 bits per heavy atom. The molecule has 216 valence electrons. The van der Waals surface area contributed by atoms with Crippen molar-refractivity contribution in [3.05, 3.63) is 120 Å². The number of para-hydroxylation sites is 2. The number of rotatable bonds is 12. The molecule has 0 aromatic heterocycles. The van der Waals surface area contributed by atoms with Crippen molar-refractivity contribution in [1.82, 2.24) is 5.43 Å². The lowest BCUT2D eigenvalue weighted by Gasteiger charge is -2.25. The highest BCUT2D eigenvalue weighted by Crippen LogP contribution is 2.27. The molecule has 0 saturated heterocycles. The van der Waals surface area contributed by atoms with Crippen LogP contribution < -0.4 is 19.8 Å². The molecule has 0 heterocycles. The molecule has 2 amide bonds. The number of hydrogen-bond donors (Lipinski definition) is 2. The van der Waals surface area contributed by atoms with Gasteiger partial charge in [0.05, 0.1) is 16.8 Å². The number of nitrogens with zero attached hydrogens (tertiary/aromatic N) is 2. The summed E-state index contributed by atoms with van der Waals surface area (Å²) in [4.78, 5) is 25.1. The summed E-state index contributed by atoms with van der Waals surface area (Å²) in [5.41, 5.74) is 5.93. The first-order chi connectivity index (χ1) is 20.3. The zero-order valence-corrected chi connectivity index (χ0v) is 24.2. The van der Waals surface area contributed by atoms with E-state index in [1.807, 2.05) is 44.2 Å². The van der Waals surface area contributed by atoms with Crippen molar-refractivity contribution >= 4 is 39.4 Å². The molecule has 2 N–H and O–H groups in total. The highest BCUT2D eigenvalue weighted by atomic mass is 32.2. The van der Waals surface area contributed by atoms with Gasteiger partial charge in [0.25, 0.3) is 21.8 Å². The molecule has 4 rings (SSSR count). The molecule has 0 fully saturated rings. The number of amides is 2. The van der Waals surface area contributed by atoms with E-state index in [4.69, 9.17) is 4.74 Å². The van der Waals surface area contributed by atoms with E-state index >= 15 is 0 Å². The normalized spacial score (nSPS) is 11.2.